The number of hydrogen-bond donors (Lipinski definition) is 2. The smallest absolute Gasteiger partial charge is 0.333 e. The maximum absolute atomic E-state index is 10.8. The molecule has 0 spiro atoms. The predicted octanol–water partition coefficient (Wildman–Crippen LogP) is 1.80. The Morgan fingerprint density at radius 3 is 2.81 bits per heavy atom. The average molecular weight is 224 g/mol. The lowest BCUT2D eigenvalue weighted by atomic mass is 10.1. The minimum absolute atomic E-state index is 0.0578. The van der Waals surface area contributed by atoms with Gasteiger partial charge in [0.2, 0.25) is 0 Å². The number of hydrogen-bond acceptors (Lipinski definition) is 5. The number of nitrogens with two attached hydrogens (primary N) is 1. The standard InChI is InChI=1S/C10H12N2O4/c1-16-8-5-4-7(3-2-6-13)9(11)10(8)12(14)15/h2,4-6,13H,3,11H2,1H3. The molecule has 0 saturated heterocycles. The first-order valence-electron chi connectivity index (χ1n) is 4.50. The summed E-state index contributed by atoms with van der Waals surface area (Å²) in [6, 6.07) is 3.11. The average Bonchev–Trinajstić information content (AvgIpc) is 2.26. The first-order valence-corrected chi connectivity index (χ1v) is 4.50. The molecule has 0 aromatic heterocycles. The van der Waals surface area contributed by atoms with Gasteiger partial charge in [0.15, 0.2) is 5.75 Å². The van der Waals surface area contributed by atoms with Crippen LogP contribution in [0.3, 0.4) is 0 Å². The van der Waals surface area contributed by atoms with E-state index >= 15 is 0 Å². The third-order valence-corrected chi connectivity index (χ3v) is 2.12. The first kappa shape index (κ1) is 11.8. The van der Waals surface area contributed by atoms with E-state index in [4.69, 9.17) is 15.6 Å². The fourth-order valence-electron chi connectivity index (χ4n) is 1.34. The summed E-state index contributed by atoms with van der Waals surface area (Å²) in [4.78, 5) is 10.2. The number of aliphatic hydroxyl groups is 1. The lowest BCUT2D eigenvalue weighted by molar-refractivity contribution is -0.384. The van der Waals surface area contributed by atoms with Crippen LogP contribution >= 0.6 is 0 Å². The van der Waals surface area contributed by atoms with E-state index in [2.05, 4.69) is 0 Å². The summed E-state index contributed by atoms with van der Waals surface area (Å²) in [5.74, 6) is 0.124. The van der Waals surface area contributed by atoms with E-state index in [9.17, 15) is 10.1 Å². The Morgan fingerprint density at radius 1 is 1.62 bits per heavy atom. The van der Waals surface area contributed by atoms with Gasteiger partial charge in [0.05, 0.1) is 18.3 Å². The van der Waals surface area contributed by atoms with Crippen molar-refractivity contribution in [1.29, 1.82) is 0 Å². The summed E-state index contributed by atoms with van der Waals surface area (Å²) in [5.41, 5.74) is 6.05. The Morgan fingerprint density at radius 2 is 2.31 bits per heavy atom. The largest absolute Gasteiger partial charge is 0.516 e. The summed E-state index contributed by atoms with van der Waals surface area (Å²) in [5, 5.41) is 19.3. The van der Waals surface area contributed by atoms with Crippen LogP contribution in [0.4, 0.5) is 11.4 Å². The molecular weight excluding hydrogens is 212 g/mol. The highest BCUT2D eigenvalue weighted by Gasteiger charge is 2.21. The van der Waals surface area contributed by atoms with E-state index in [-0.39, 0.29) is 17.1 Å². The van der Waals surface area contributed by atoms with Crippen molar-refractivity contribution in [3.05, 3.63) is 40.1 Å². The third-order valence-electron chi connectivity index (χ3n) is 2.12. The van der Waals surface area contributed by atoms with Crippen molar-refractivity contribution in [3.8, 4) is 5.75 Å². The quantitative estimate of drug-likeness (QED) is 0.351. The second-order valence-corrected chi connectivity index (χ2v) is 3.04. The Kier molecular flexibility index (Phi) is 3.71. The zero-order valence-electron chi connectivity index (χ0n) is 8.71. The van der Waals surface area contributed by atoms with Gasteiger partial charge in [-0.25, -0.2) is 0 Å². The molecular formula is C10H12N2O4. The van der Waals surface area contributed by atoms with Crippen LogP contribution < -0.4 is 10.5 Å². The molecule has 6 nitrogen and oxygen atoms in total. The minimum Gasteiger partial charge on any atom is -0.516 e. The third kappa shape index (κ3) is 2.22. The Labute approximate surface area is 92.1 Å². The van der Waals surface area contributed by atoms with Crippen LogP contribution in [0.15, 0.2) is 24.5 Å². The fourth-order valence-corrected chi connectivity index (χ4v) is 1.34. The molecule has 0 heterocycles. The van der Waals surface area contributed by atoms with Crippen molar-refractivity contribution in [1.82, 2.24) is 0 Å². The van der Waals surface area contributed by atoms with E-state index in [0.29, 0.717) is 12.0 Å². The van der Waals surface area contributed by atoms with E-state index in [1.807, 2.05) is 0 Å². The summed E-state index contributed by atoms with van der Waals surface area (Å²) in [7, 11) is 1.34. The van der Waals surface area contributed by atoms with Gasteiger partial charge in [0.25, 0.3) is 0 Å². The van der Waals surface area contributed by atoms with Gasteiger partial charge in [0.1, 0.15) is 5.69 Å². The van der Waals surface area contributed by atoms with Gasteiger partial charge < -0.3 is 15.6 Å². The number of methoxy groups -OCH3 is 1. The number of aliphatic hydroxyl groups excluding tert-OH is 1. The van der Waals surface area contributed by atoms with E-state index < -0.39 is 4.92 Å². The number of benzene rings is 1. The maximum Gasteiger partial charge on any atom is 0.333 e. The van der Waals surface area contributed by atoms with Crippen molar-refractivity contribution >= 4 is 11.4 Å². The zero-order valence-corrected chi connectivity index (χ0v) is 8.71. The monoisotopic (exact) mass is 224 g/mol. The molecule has 0 amide bonds. The number of nitrogens with zero attached hydrogens (tertiary/aromatic N) is 1. The van der Waals surface area contributed by atoms with Crippen LogP contribution in [0, 0.1) is 10.1 Å². The van der Waals surface area contributed by atoms with Gasteiger partial charge in [-0.15, -0.1) is 0 Å². The van der Waals surface area contributed by atoms with Gasteiger partial charge in [-0.2, -0.15) is 0 Å². The molecule has 0 bridgehead atoms. The molecule has 3 N–H and O–H groups in total. The Bertz CT molecular complexity index is 429. The molecule has 0 aliphatic rings. The normalized spacial score (nSPS) is 10.6. The van der Waals surface area contributed by atoms with Gasteiger partial charge >= 0.3 is 5.69 Å². The lowest BCUT2D eigenvalue weighted by Gasteiger charge is -2.07. The van der Waals surface area contributed by atoms with E-state index in [1.165, 1.54) is 19.3 Å². The van der Waals surface area contributed by atoms with Crippen molar-refractivity contribution < 1.29 is 14.8 Å². The number of anilines is 1. The van der Waals surface area contributed by atoms with Gasteiger partial charge in [-0.05, 0) is 24.1 Å². The van der Waals surface area contributed by atoms with Crippen molar-refractivity contribution in [2.45, 2.75) is 6.42 Å². The van der Waals surface area contributed by atoms with E-state index in [1.54, 1.807) is 6.07 Å². The van der Waals surface area contributed by atoms with Gasteiger partial charge in [-0.3, -0.25) is 10.1 Å². The number of nitro groups is 1. The van der Waals surface area contributed by atoms with Crippen LogP contribution in [0.5, 0.6) is 5.75 Å². The van der Waals surface area contributed by atoms with Crippen LogP contribution in [0.25, 0.3) is 0 Å². The molecule has 1 aromatic rings. The molecule has 16 heavy (non-hydrogen) atoms. The highest BCUT2D eigenvalue weighted by Crippen LogP contribution is 2.35. The summed E-state index contributed by atoms with van der Waals surface area (Å²) in [6.45, 7) is 0. The fraction of sp³-hybridized carbons (Fsp3) is 0.200. The lowest BCUT2D eigenvalue weighted by Crippen LogP contribution is -2.02. The topological polar surface area (TPSA) is 98.6 Å². The Hall–Kier alpha value is -2.24. The molecule has 0 aliphatic carbocycles. The second-order valence-electron chi connectivity index (χ2n) is 3.04. The van der Waals surface area contributed by atoms with Gasteiger partial charge in [-0.1, -0.05) is 6.07 Å². The maximum atomic E-state index is 10.8. The first-order chi connectivity index (χ1) is 7.61. The van der Waals surface area contributed by atoms with Gasteiger partial charge in [0, 0.05) is 0 Å². The van der Waals surface area contributed by atoms with Crippen molar-refractivity contribution in [2.75, 3.05) is 12.8 Å². The number of ether oxygens (including phenoxy) is 1. The molecule has 0 unspecified atom stereocenters. The van der Waals surface area contributed by atoms with Crippen LogP contribution in [-0.2, 0) is 6.42 Å². The molecule has 0 fully saturated rings. The van der Waals surface area contributed by atoms with Crippen LogP contribution in [0.1, 0.15) is 5.56 Å². The molecule has 0 atom stereocenters. The molecule has 0 aliphatic heterocycles. The number of rotatable bonds is 4. The van der Waals surface area contributed by atoms with Crippen molar-refractivity contribution in [3.63, 3.8) is 0 Å². The SMILES string of the molecule is COc1ccc(CC=CO)c(N)c1[N+](=O)[O-]. The molecule has 1 aromatic carbocycles. The highest BCUT2D eigenvalue weighted by molar-refractivity contribution is 5.70. The molecule has 0 saturated carbocycles. The number of nitrogen functional groups attached to an aromatic ring is 1. The minimum atomic E-state index is -0.583. The summed E-state index contributed by atoms with van der Waals surface area (Å²) < 4.78 is 4.86. The highest BCUT2D eigenvalue weighted by atomic mass is 16.6. The molecule has 6 heteroatoms. The van der Waals surface area contributed by atoms with Crippen molar-refractivity contribution in [2.24, 2.45) is 0 Å². The van der Waals surface area contributed by atoms with Crippen LogP contribution in [-0.4, -0.2) is 17.1 Å². The number of nitro benzene ring substituents is 1. The summed E-state index contributed by atoms with van der Waals surface area (Å²) >= 11 is 0. The summed E-state index contributed by atoms with van der Waals surface area (Å²) in [6.07, 6.45) is 2.64. The molecule has 0 radical (unpaired) electrons. The van der Waals surface area contributed by atoms with Crippen LogP contribution in [0.2, 0.25) is 0 Å². The zero-order chi connectivity index (χ0) is 12.1. The van der Waals surface area contributed by atoms with E-state index in [0.717, 1.165) is 6.26 Å². The predicted molar refractivity (Wildman–Crippen MR) is 59.5 cm³/mol. The Balaban J connectivity index is 3.26. The number of allylic oxidation sites excluding steroid dienone is 1. The molecule has 1 rings (SSSR count). The second kappa shape index (κ2) is 5.01. The molecule has 86 valence electrons.